The lowest BCUT2D eigenvalue weighted by molar-refractivity contribution is -0.130. The van der Waals surface area contributed by atoms with Gasteiger partial charge in [-0.05, 0) is 37.5 Å². The summed E-state index contributed by atoms with van der Waals surface area (Å²) in [6, 6.07) is 7.06. The molecule has 1 aliphatic heterocycles. The lowest BCUT2D eigenvalue weighted by Crippen LogP contribution is -2.39. The van der Waals surface area contributed by atoms with E-state index in [9.17, 15) is 4.79 Å². The van der Waals surface area contributed by atoms with Gasteiger partial charge in [0.1, 0.15) is 6.07 Å². The van der Waals surface area contributed by atoms with Crippen LogP contribution in [-0.2, 0) is 4.79 Å². The molecule has 1 amide bonds. The van der Waals surface area contributed by atoms with E-state index in [4.69, 9.17) is 16.9 Å². The number of nitrogens with zero attached hydrogens (tertiary/aromatic N) is 2. The van der Waals surface area contributed by atoms with Crippen molar-refractivity contribution >= 4 is 23.2 Å². The van der Waals surface area contributed by atoms with Gasteiger partial charge in [0.25, 0.3) is 0 Å². The van der Waals surface area contributed by atoms with Gasteiger partial charge < -0.3 is 10.2 Å². The van der Waals surface area contributed by atoms with Crippen molar-refractivity contribution in [1.29, 1.82) is 5.26 Å². The van der Waals surface area contributed by atoms with E-state index in [0.717, 1.165) is 25.9 Å². The SMILES string of the molecule is N#Cc1ccc(Cl)cc1NCC(=O)N1CCCCC1. The Balaban J connectivity index is 1.96. The van der Waals surface area contributed by atoms with Crippen LogP contribution in [0.25, 0.3) is 0 Å². The summed E-state index contributed by atoms with van der Waals surface area (Å²) in [6.45, 7) is 1.87. The molecule has 0 unspecified atom stereocenters. The van der Waals surface area contributed by atoms with Crippen LogP contribution in [0.2, 0.25) is 5.02 Å². The topological polar surface area (TPSA) is 56.1 Å². The van der Waals surface area contributed by atoms with Crippen molar-refractivity contribution in [2.75, 3.05) is 25.0 Å². The molecule has 0 bridgehead atoms. The number of anilines is 1. The minimum Gasteiger partial charge on any atom is -0.375 e. The first-order chi connectivity index (χ1) is 9.20. The van der Waals surface area contributed by atoms with Gasteiger partial charge in [0.05, 0.1) is 17.8 Å². The molecule has 100 valence electrons. The first-order valence-electron chi connectivity index (χ1n) is 6.42. The highest BCUT2D eigenvalue weighted by Gasteiger charge is 2.16. The van der Waals surface area contributed by atoms with Crippen LogP contribution in [0.4, 0.5) is 5.69 Å². The summed E-state index contributed by atoms with van der Waals surface area (Å²) in [5, 5.41) is 12.5. The number of hydrogen-bond acceptors (Lipinski definition) is 3. The third-order valence-corrected chi connectivity index (χ3v) is 3.48. The standard InChI is InChI=1S/C14H16ClN3O/c15-12-5-4-11(9-16)13(8-12)17-10-14(19)18-6-2-1-3-7-18/h4-5,8,17H,1-3,6-7,10H2. The molecule has 2 rings (SSSR count). The number of hydrogen-bond donors (Lipinski definition) is 1. The van der Waals surface area contributed by atoms with Gasteiger partial charge in [-0.3, -0.25) is 4.79 Å². The molecule has 0 aliphatic carbocycles. The third kappa shape index (κ3) is 3.62. The molecule has 1 fully saturated rings. The smallest absolute Gasteiger partial charge is 0.241 e. The monoisotopic (exact) mass is 277 g/mol. The minimum absolute atomic E-state index is 0.0727. The Morgan fingerprint density at radius 1 is 1.37 bits per heavy atom. The number of carbonyl (C=O) groups is 1. The maximum absolute atomic E-state index is 12.0. The second-order valence-electron chi connectivity index (χ2n) is 4.60. The van der Waals surface area contributed by atoms with Crippen molar-refractivity contribution < 1.29 is 4.79 Å². The molecule has 0 atom stereocenters. The minimum atomic E-state index is 0.0727. The van der Waals surface area contributed by atoms with E-state index in [-0.39, 0.29) is 12.5 Å². The largest absolute Gasteiger partial charge is 0.375 e. The zero-order chi connectivity index (χ0) is 13.7. The highest BCUT2D eigenvalue weighted by atomic mass is 35.5. The number of benzene rings is 1. The van der Waals surface area contributed by atoms with E-state index in [1.807, 2.05) is 4.90 Å². The van der Waals surface area contributed by atoms with Gasteiger partial charge >= 0.3 is 0 Å². The summed E-state index contributed by atoms with van der Waals surface area (Å²) < 4.78 is 0. The van der Waals surface area contributed by atoms with E-state index in [1.165, 1.54) is 6.42 Å². The number of nitriles is 1. The van der Waals surface area contributed by atoms with Crippen LogP contribution >= 0.6 is 11.6 Å². The Kier molecular flexibility index (Phi) is 4.64. The number of halogens is 1. The number of carbonyl (C=O) groups excluding carboxylic acids is 1. The molecule has 19 heavy (non-hydrogen) atoms. The number of likely N-dealkylation sites (tertiary alicyclic amines) is 1. The van der Waals surface area contributed by atoms with Crippen LogP contribution in [0.3, 0.4) is 0 Å². The van der Waals surface area contributed by atoms with Gasteiger partial charge in [-0.15, -0.1) is 0 Å². The van der Waals surface area contributed by atoms with Crippen molar-refractivity contribution in [3.8, 4) is 6.07 Å². The summed E-state index contributed by atoms with van der Waals surface area (Å²) in [7, 11) is 0. The van der Waals surface area contributed by atoms with Crippen molar-refractivity contribution in [2.45, 2.75) is 19.3 Å². The fraction of sp³-hybridized carbons (Fsp3) is 0.429. The van der Waals surface area contributed by atoms with Gasteiger partial charge in [-0.25, -0.2) is 0 Å². The lowest BCUT2D eigenvalue weighted by atomic mass is 10.1. The Labute approximate surface area is 118 Å². The maximum atomic E-state index is 12.0. The highest BCUT2D eigenvalue weighted by Crippen LogP contribution is 2.20. The molecule has 0 saturated carbocycles. The van der Waals surface area contributed by atoms with Gasteiger partial charge in [0.2, 0.25) is 5.91 Å². The molecule has 1 heterocycles. The molecule has 1 saturated heterocycles. The maximum Gasteiger partial charge on any atom is 0.241 e. The highest BCUT2D eigenvalue weighted by molar-refractivity contribution is 6.30. The van der Waals surface area contributed by atoms with Crippen LogP contribution in [-0.4, -0.2) is 30.4 Å². The number of rotatable bonds is 3. The predicted octanol–water partition coefficient (Wildman–Crippen LogP) is 2.64. The summed E-state index contributed by atoms with van der Waals surface area (Å²) in [5.74, 6) is 0.0727. The predicted molar refractivity (Wildman–Crippen MR) is 75.1 cm³/mol. The Morgan fingerprint density at radius 3 is 2.79 bits per heavy atom. The molecular weight excluding hydrogens is 262 g/mol. The van der Waals surface area contributed by atoms with Crippen molar-refractivity contribution in [2.24, 2.45) is 0 Å². The van der Waals surface area contributed by atoms with Crippen LogP contribution < -0.4 is 5.32 Å². The summed E-state index contributed by atoms with van der Waals surface area (Å²) in [6.07, 6.45) is 3.35. The Morgan fingerprint density at radius 2 is 2.11 bits per heavy atom. The molecule has 1 N–H and O–H groups in total. The van der Waals surface area contributed by atoms with Gasteiger partial charge in [-0.2, -0.15) is 5.26 Å². The number of nitrogens with one attached hydrogen (secondary N) is 1. The zero-order valence-electron chi connectivity index (χ0n) is 10.7. The summed E-state index contributed by atoms with van der Waals surface area (Å²) >= 11 is 5.89. The Hall–Kier alpha value is -1.73. The molecule has 0 aromatic heterocycles. The van der Waals surface area contributed by atoms with Crippen LogP contribution in [0.1, 0.15) is 24.8 Å². The van der Waals surface area contributed by atoms with Crippen LogP contribution in [0.15, 0.2) is 18.2 Å². The molecule has 1 aromatic carbocycles. The van der Waals surface area contributed by atoms with E-state index in [0.29, 0.717) is 16.3 Å². The molecule has 5 heteroatoms. The fourth-order valence-electron chi connectivity index (χ4n) is 2.19. The third-order valence-electron chi connectivity index (χ3n) is 3.24. The van der Waals surface area contributed by atoms with Crippen LogP contribution in [0, 0.1) is 11.3 Å². The number of amides is 1. The average Bonchev–Trinajstić information content (AvgIpc) is 2.46. The summed E-state index contributed by atoms with van der Waals surface area (Å²) in [5.41, 5.74) is 1.11. The van der Waals surface area contributed by atoms with E-state index in [2.05, 4.69) is 11.4 Å². The quantitative estimate of drug-likeness (QED) is 0.924. The Bertz CT molecular complexity index is 504. The molecule has 1 aromatic rings. The van der Waals surface area contributed by atoms with Gasteiger partial charge in [0.15, 0.2) is 0 Å². The molecule has 0 radical (unpaired) electrons. The fourth-order valence-corrected chi connectivity index (χ4v) is 2.36. The van der Waals surface area contributed by atoms with Crippen molar-refractivity contribution in [3.05, 3.63) is 28.8 Å². The summed E-state index contributed by atoms with van der Waals surface area (Å²) in [4.78, 5) is 13.9. The molecule has 1 aliphatic rings. The van der Waals surface area contributed by atoms with Gasteiger partial charge in [0, 0.05) is 18.1 Å². The van der Waals surface area contributed by atoms with Crippen molar-refractivity contribution in [3.63, 3.8) is 0 Å². The first kappa shape index (κ1) is 13.7. The number of piperidine rings is 1. The first-order valence-corrected chi connectivity index (χ1v) is 6.80. The normalized spacial score (nSPS) is 14.8. The van der Waals surface area contributed by atoms with E-state index >= 15 is 0 Å². The second kappa shape index (κ2) is 6.44. The van der Waals surface area contributed by atoms with E-state index in [1.54, 1.807) is 18.2 Å². The average molecular weight is 278 g/mol. The zero-order valence-corrected chi connectivity index (χ0v) is 11.4. The molecule has 0 spiro atoms. The second-order valence-corrected chi connectivity index (χ2v) is 5.03. The molecule has 4 nitrogen and oxygen atoms in total. The van der Waals surface area contributed by atoms with Crippen molar-refractivity contribution in [1.82, 2.24) is 4.90 Å². The molecular formula is C14H16ClN3O. The van der Waals surface area contributed by atoms with Gasteiger partial charge in [-0.1, -0.05) is 11.6 Å². The van der Waals surface area contributed by atoms with E-state index < -0.39 is 0 Å². The van der Waals surface area contributed by atoms with Crippen LogP contribution in [0.5, 0.6) is 0 Å². The lowest BCUT2D eigenvalue weighted by Gasteiger charge is -2.27.